The molecule has 0 saturated carbocycles. The molecule has 0 spiro atoms. The maximum atomic E-state index is 13.7. The lowest BCUT2D eigenvalue weighted by molar-refractivity contribution is -0.125. The second-order valence-corrected chi connectivity index (χ2v) is 10.1. The Morgan fingerprint density at radius 2 is 1.68 bits per heavy atom. The highest BCUT2D eigenvalue weighted by atomic mass is 32.2. The average molecular weight is 483 g/mol. The van der Waals surface area contributed by atoms with Gasteiger partial charge in [0.2, 0.25) is 15.9 Å². The van der Waals surface area contributed by atoms with E-state index >= 15 is 0 Å². The van der Waals surface area contributed by atoms with E-state index in [0.717, 1.165) is 11.1 Å². The Morgan fingerprint density at radius 1 is 0.971 bits per heavy atom. The zero-order valence-corrected chi connectivity index (χ0v) is 19.1. The van der Waals surface area contributed by atoms with E-state index in [2.05, 4.69) is 5.32 Å². The third kappa shape index (κ3) is 4.36. The predicted molar refractivity (Wildman–Crippen MR) is 122 cm³/mol. The van der Waals surface area contributed by atoms with Crippen LogP contribution >= 0.6 is 0 Å². The highest BCUT2D eigenvalue weighted by molar-refractivity contribution is 7.89. The number of fused-ring (bicyclic) bond motifs is 2. The number of carbonyl (C=O) groups is 1. The minimum atomic E-state index is -4.03. The molecular weight excluding hydrogens is 459 g/mol. The van der Waals surface area contributed by atoms with Crippen LogP contribution in [0.2, 0.25) is 0 Å². The molecule has 7 nitrogen and oxygen atoms in total. The molecule has 176 valence electrons. The summed E-state index contributed by atoms with van der Waals surface area (Å²) < 4.78 is 52.9. The summed E-state index contributed by atoms with van der Waals surface area (Å²) in [5.74, 6) is 0.0698. The van der Waals surface area contributed by atoms with Gasteiger partial charge in [-0.1, -0.05) is 36.4 Å². The lowest BCUT2D eigenvalue weighted by Crippen LogP contribution is -2.52. The Morgan fingerprint density at radius 3 is 2.44 bits per heavy atom. The van der Waals surface area contributed by atoms with Gasteiger partial charge in [-0.3, -0.25) is 4.79 Å². The summed E-state index contributed by atoms with van der Waals surface area (Å²) in [5.41, 5.74) is 2.50. The van der Waals surface area contributed by atoms with Crippen molar-refractivity contribution < 1.29 is 27.1 Å². The molecule has 2 aliphatic heterocycles. The molecule has 3 aromatic rings. The first kappa shape index (κ1) is 22.4. The number of hydrogen-bond acceptors (Lipinski definition) is 5. The molecule has 1 N–H and O–H groups in total. The first-order chi connectivity index (χ1) is 16.4. The molecule has 0 radical (unpaired) electrons. The van der Waals surface area contributed by atoms with Gasteiger partial charge < -0.3 is 14.8 Å². The van der Waals surface area contributed by atoms with Gasteiger partial charge in [-0.15, -0.1) is 0 Å². The van der Waals surface area contributed by atoms with E-state index in [1.807, 2.05) is 24.3 Å². The van der Waals surface area contributed by atoms with E-state index in [4.69, 9.17) is 9.47 Å². The molecular formula is C25H23FN2O5S. The summed E-state index contributed by atoms with van der Waals surface area (Å²) in [6.07, 6.45) is 0.245. The largest absolute Gasteiger partial charge is 0.486 e. The third-order valence-corrected chi connectivity index (χ3v) is 7.86. The lowest BCUT2D eigenvalue weighted by Gasteiger charge is -2.35. The highest BCUT2D eigenvalue weighted by Crippen LogP contribution is 2.35. The molecule has 34 heavy (non-hydrogen) atoms. The summed E-state index contributed by atoms with van der Waals surface area (Å²) >= 11 is 0. The molecule has 2 aliphatic rings. The summed E-state index contributed by atoms with van der Waals surface area (Å²) in [4.78, 5) is 13.3. The van der Waals surface area contributed by atoms with Crippen LogP contribution in [-0.4, -0.2) is 37.9 Å². The predicted octanol–water partition coefficient (Wildman–Crippen LogP) is 3.03. The molecule has 1 amide bonds. The normalized spacial score (nSPS) is 17.6. The maximum Gasteiger partial charge on any atom is 0.244 e. The number of nitrogens with one attached hydrogen (secondary N) is 1. The number of hydrogen-bond donors (Lipinski definition) is 1. The SMILES string of the molecule is O=C(NCc1ccc(F)cc1)[C@@H]1Cc2ccccc2CN1S(=O)(=O)c1ccc2c(c1)OCCO2. The minimum absolute atomic E-state index is 0.0347. The van der Waals surface area contributed by atoms with E-state index in [9.17, 15) is 17.6 Å². The summed E-state index contributed by atoms with van der Waals surface area (Å²) in [6, 6.07) is 16.8. The van der Waals surface area contributed by atoms with Gasteiger partial charge >= 0.3 is 0 Å². The van der Waals surface area contributed by atoms with Gasteiger partial charge in [0.1, 0.15) is 25.1 Å². The minimum Gasteiger partial charge on any atom is -0.486 e. The Bertz CT molecular complexity index is 1330. The molecule has 0 fully saturated rings. The molecule has 0 unspecified atom stereocenters. The summed E-state index contributed by atoms with van der Waals surface area (Å²) in [6.45, 7) is 0.969. The molecule has 0 bridgehead atoms. The zero-order chi connectivity index (χ0) is 23.7. The van der Waals surface area contributed by atoms with Crippen LogP contribution in [0.4, 0.5) is 4.39 Å². The Labute approximate surface area is 197 Å². The van der Waals surface area contributed by atoms with Crippen molar-refractivity contribution in [2.24, 2.45) is 0 Å². The average Bonchev–Trinajstić information content (AvgIpc) is 2.87. The zero-order valence-electron chi connectivity index (χ0n) is 18.2. The standard InChI is InChI=1S/C25H23FN2O5S/c26-20-7-5-17(6-8-20)15-27-25(29)22-13-18-3-1-2-4-19(18)16-28(22)34(30,31)21-9-10-23-24(14-21)33-12-11-32-23/h1-10,14,22H,11-13,15-16H2,(H,27,29)/t22-/m0/s1. The van der Waals surface area contributed by atoms with E-state index in [1.54, 1.807) is 18.2 Å². The number of halogens is 1. The number of rotatable bonds is 5. The molecule has 0 saturated heterocycles. The van der Waals surface area contributed by atoms with Gasteiger partial charge in [0.25, 0.3) is 0 Å². The van der Waals surface area contributed by atoms with Crippen LogP contribution in [-0.2, 0) is 34.3 Å². The van der Waals surface area contributed by atoms with Gasteiger partial charge in [0.15, 0.2) is 11.5 Å². The Hall–Kier alpha value is -3.43. The summed E-state index contributed by atoms with van der Waals surface area (Å²) in [7, 11) is -4.03. The Kier molecular flexibility index (Phi) is 5.97. The van der Waals surface area contributed by atoms with E-state index in [-0.39, 0.29) is 30.2 Å². The van der Waals surface area contributed by atoms with Crippen LogP contribution in [0.5, 0.6) is 11.5 Å². The van der Waals surface area contributed by atoms with Crippen molar-refractivity contribution in [1.29, 1.82) is 0 Å². The second kappa shape index (κ2) is 9.08. The highest BCUT2D eigenvalue weighted by Gasteiger charge is 2.40. The van der Waals surface area contributed by atoms with Gasteiger partial charge in [0, 0.05) is 19.2 Å². The van der Waals surface area contributed by atoms with Crippen LogP contribution in [0.3, 0.4) is 0 Å². The van der Waals surface area contributed by atoms with Crippen molar-refractivity contribution in [1.82, 2.24) is 9.62 Å². The fraction of sp³-hybridized carbons (Fsp3) is 0.240. The number of amides is 1. The van der Waals surface area contributed by atoms with Gasteiger partial charge in [0.05, 0.1) is 4.90 Å². The molecule has 3 aromatic carbocycles. The molecule has 2 heterocycles. The fourth-order valence-corrected chi connectivity index (χ4v) is 5.78. The van der Waals surface area contributed by atoms with Crippen molar-refractivity contribution in [3.63, 3.8) is 0 Å². The third-order valence-electron chi connectivity index (χ3n) is 6.01. The van der Waals surface area contributed by atoms with E-state index in [0.29, 0.717) is 30.3 Å². The van der Waals surface area contributed by atoms with Crippen molar-refractivity contribution >= 4 is 15.9 Å². The van der Waals surface area contributed by atoms with Crippen LogP contribution in [0.1, 0.15) is 16.7 Å². The molecule has 5 rings (SSSR count). The lowest BCUT2D eigenvalue weighted by atomic mass is 9.95. The molecule has 9 heteroatoms. The van der Waals surface area contributed by atoms with Crippen LogP contribution in [0.15, 0.2) is 71.6 Å². The maximum absolute atomic E-state index is 13.7. The van der Waals surface area contributed by atoms with Crippen molar-refractivity contribution in [2.45, 2.75) is 30.4 Å². The molecule has 1 atom stereocenters. The van der Waals surface area contributed by atoms with Gasteiger partial charge in [-0.05, 0) is 47.4 Å². The number of benzene rings is 3. The fourth-order valence-electron chi connectivity index (χ4n) is 4.20. The smallest absolute Gasteiger partial charge is 0.244 e. The quantitative estimate of drug-likeness (QED) is 0.604. The van der Waals surface area contributed by atoms with Crippen molar-refractivity contribution in [3.8, 4) is 11.5 Å². The van der Waals surface area contributed by atoms with Crippen LogP contribution in [0.25, 0.3) is 0 Å². The topological polar surface area (TPSA) is 84.9 Å². The first-order valence-electron chi connectivity index (χ1n) is 10.9. The van der Waals surface area contributed by atoms with E-state index < -0.39 is 22.0 Å². The second-order valence-electron chi connectivity index (χ2n) is 8.19. The molecule has 0 aliphatic carbocycles. The van der Waals surface area contributed by atoms with Crippen molar-refractivity contribution in [3.05, 3.63) is 89.2 Å². The first-order valence-corrected chi connectivity index (χ1v) is 12.4. The van der Waals surface area contributed by atoms with Gasteiger partial charge in [-0.2, -0.15) is 4.31 Å². The number of sulfonamides is 1. The van der Waals surface area contributed by atoms with Crippen LogP contribution in [0, 0.1) is 5.82 Å². The van der Waals surface area contributed by atoms with Gasteiger partial charge in [-0.25, -0.2) is 12.8 Å². The molecule has 0 aromatic heterocycles. The number of ether oxygens (including phenoxy) is 2. The van der Waals surface area contributed by atoms with Crippen molar-refractivity contribution in [2.75, 3.05) is 13.2 Å². The van der Waals surface area contributed by atoms with Crippen LogP contribution < -0.4 is 14.8 Å². The number of nitrogens with zero attached hydrogens (tertiary/aromatic N) is 1. The Balaban J connectivity index is 1.45. The summed E-state index contributed by atoms with van der Waals surface area (Å²) in [5, 5.41) is 2.81. The monoisotopic (exact) mass is 482 g/mol. The van der Waals surface area contributed by atoms with E-state index in [1.165, 1.54) is 28.6 Å². The number of carbonyl (C=O) groups excluding carboxylic acids is 1.